The summed E-state index contributed by atoms with van der Waals surface area (Å²) in [5.41, 5.74) is 7.85. The number of imidazole rings is 1. The van der Waals surface area contributed by atoms with E-state index < -0.39 is 9.84 Å². The fraction of sp³-hybridized carbons (Fsp3) is 0.462. The molecular weight excluding hydrogens is 278 g/mol. The van der Waals surface area contributed by atoms with Crippen LogP contribution in [0, 0.1) is 0 Å². The molecule has 0 spiro atoms. The van der Waals surface area contributed by atoms with Crippen molar-refractivity contribution >= 4 is 26.6 Å². The van der Waals surface area contributed by atoms with Crippen molar-refractivity contribution in [1.29, 1.82) is 0 Å². The van der Waals surface area contributed by atoms with Gasteiger partial charge in [0.25, 0.3) is 0 Å². The summed E-state index contributed by atoms with van der Waals surface area (Å²) in [5.74, 6) is 0.848. The highest BCUT2D eigenvalue weighted by Gasteiger charge is 2.28. The molecule has 2 aromatic rings. The molecule has 1 aromatic heterocycles. The van der Waals surface area contributed by atoms with Gasteiger partial charge in [-0.1, -0.05) is 0 Å². The molecule has 3 N–H and O–H groups in total. The van der Waals surface area contributed by atoms with E-state index in [2.05, 4.69) is 4.98 Å². The van der Waals surface area contributed by atoms with Gasteiger partial charge in [-0.2, -0.15) is 0 Å². The van der Waals surface area contributed by atoms with Crippen LogP contribution >= 0.6 is 0 Å². The number of hydrogen-bond acceptors (Lipinski definition) is 5. The van der Waals surface area contributed by atoms with E-state index >= 15 is 0 Å². The monoisotopic (exact) mass is 295 g/mol. The summed E-state index contributed by atoms with van der Waals surface area (Å²) < 4.78 is 25.5. The fourth-order valence-electron chi connectivity index (χ4n) is 2.89. The van der Waals surface area contributed by atoms with E-state index in [1.807, 2.05) is 10.6 Å². The van der Waals surface area contributed by atoms with Crippen molar-refractivity contribution < 1.29 is 13.5 Å². The van der Waals surface area contributed by atoms with E-state index in [4.69, 9.17) is 5.73 Å². The maximum absolute atomic E-state index is 11.8. The Morgan fingerprint density at radius 1 is 1.45 bits per heavy atom. The zero-order valence-corrected chi connectivity index (χ0v) is 11.8. The largest absolute Gasteiger partial charge is 0.399 e. The number of nitrogen functional groups attached to an aromatic ring is 1. The lowest BCUT2D eigenvalue weighted by molar-refractivity contribution is 0.261. The molecule has 1 fully saturated rings. The van der Waals surface area contributed by atoms with Crippen molar-refractivity contribution in [2.75, 3.05) is 17.2 Å². The molecule has 2 heterocycles. The zero-order valence-electron chi connectivity index (χ0n) is 11.0. The molecule has 0 aliphatic carbocycles. The highest BCUT2D eigenvalue weighted by atomic mass is 32.2. The molecule has 0 saturated carbocycles. The molecule has 1 aromatic carbocycles. The number of sulfone groups is 1. The third kappa shape index (κ3) is 2.27. The molecule has 7 heteroatoms. The van der Waals surface area contributed by atoms with Gasteiger partial charge in [0.2, 0.25) is 0 Å². The first kappa shape index (κ1) is 13.4. The van der Waals surface area contributed by atoms with Gasteiger partial charge >= 0.3 is 0 Å². The highest BCUT2D eigenvalue weighted by Crippen LogP contribution is 2.29. The molecule has 1 saturated heterocycles. The van der Waals surface area contributed by atoms with E-state index in [0.717, 1.165) is 11.9 Å². The molecule has 1 atom stereocenters. The van der Waals surface area contributed by atoms with Crippen LogP contribution in [0.2, 0.25) is 0 Å². The SMILES string of the molecule is Nc1ccc2c(c1)nc(CO)n2C1CCCS(=O)(=O)C1. The number of aliphatic hydroxyl groups excluding tert-OH is 1. The van der Waals surface area contributed by atoms with Gasteiger partial charge in [-0.3, -0.25) is 0 Å². The molecule has 1 unspecified atom stereocenters. The van der Waals surface area contributed by atoms with Crippen LogP contribution in [0.15, 0.2) is 18.2 Å². The average molecular weight is 295 g/mol. The second-order valence-electron chi connectivity index (χ2n) is 5.21. The number of aliphatic hydroxyl groups is 1. The smallest absolute Gasteiger partial charge is 0.152 e. The van der Waals surface area contributed by atoms with Crippen molar-refractivity contribution in [1.82, 2.24) is 9.55 Å². The number of rotatable bonds is 2. The summed E-state index contributed by atoms with van der Waals surface area (Å²) in [6.07, 6.45) is 1.43. The van der Waals surface area contributed by atoms with Gasteiger partial charge in [-0.05, 0) is 31.0 Å². The summed E-state index contributed by atoms with van der Waals surface area (Å²) in [5, 5.41) is 9.49. The van der Waals surface area contributed by atoms with Gasteiger partial charge in [0.1, 0.15) is 12.4 Å². The summed E-state index contributed by atoms with van der Waals surface area (Å²) in [7, 11) is -3.01. The third-order valence-corrected chi connectivity index (χ3v) is 5.54. The van der Waals surface area contributed by atoms with Crippen molar-refractivity contribution in [3.8, 4) is 0 Å². The molecule has 0 radical (unpaired) electrons. The van der Waals surface area contributed by atoms with Gasteiger partial charge in [-0.25, -0.2) is 13.4 Å². The lowest BCUT2D eigenvalue weighted by Crippen LogP contribution is -2.28. The Morgan fingerprint density at radius 2 is 2.25 bits per heavy atom. The van der Waals surface area contributed by atoms with Crippen LogP contribution in [0.4, 0.5) is 5.69 Å². The van der Waals surface area contributed by atoms with Crippen LogP contribution in [0.25, 0.3) is 11.0 Å². The molecule has 1 aliphatic rings. The number of hydrogen-bond donors (Lipinski definition) is 2. The Morgan fingerprint density at radius 3 is 2.95 bits per heavy atom. The second kappa shape index (κ2) is 4.75. The Labute approximate surface area is 117 Å². The average Bonchev–Trinajstić information content (AvgIpc) is 2.74. The van der Waals surface area contributed by atoms with Crippen LogP contribution in [0.3, 0.4) is 0 Å². The molecule has 108 valence electrons. The van der Waals surface area contributed by atoms with Crippen LogP contribution < -0.4 is 5.73 Å². The van der Waals surface area contributed by atoms with E-state index in [-0.39, 0.29) is 24.2 Å². The van der Waals surface area contributed by atoms with E-state index in [1.165, 1.54) is 0 Å². The molecule has 1 aliphatic heterocycles. The van der Waals surface area contributed by atoms with E-state index in [0.29, 0.717) is 23.4 Å². The second-order valence-corrected chi connectivity index (χ2v) is 7.44. The molecule has 6 nitrogen and oxygen atoms in total. The highest BCUT2D eigenvalue weighted by molar-refractivity contribution is 7.91. The minimum absolute atomic E-state index is 0.107. The predicted molar refractivity (Wildman–Crippen MR) is 77.0 cm³/mol. The summed E-state index contributed by atoms with van der Waals surface area (Å²) in [6, 6.07) is 5.17. The summed E-state index contributed by atoms with van der Waals surface area (Å²) >= 11 is 0. The predicted octanol–water partition coefficient (Wildman–Crippen LogP) is 0.861. The summed E-state index contributed by atoms with van der Waals surface area (Å²) in [6.45, 7) is -0.217. The zero-order chi connectivity index (χ0) is 14.3. The number of benzene rings is 1. The molecule has 0 bridgehead atoms. The molecular formula is C13H17N3O3S. The first-order chi connectivity index (χ1) is 9.50. The molecule has 20 heavy (non-hydrogen) atoms. The van der Waals surface area contributed by atoms with Gasteiger partial charge in [0.15, 0.2) is 9.84 Å². The Kier molecular flexibility index (Phi) is 3.18. The van der Waals surface area contributed by atoms with Gasteiger partial charge in [0.05, 0.1) is 22.5 Å². The first-order valence-corrected chi connectivity index (χ1v) is 8.40. The van der Waals surface area contributed by atoms with Gasteiger partial charge < -0.3 is 15.4 Å². The van der Waals surface area contributed by atoms with Crippen LogP contribution in [-0.2, 0) is 16.4 Å². The maximum atomic E-state index is 11.8. The van der Waals surface area contributed by atoms with Crippen molar-refractivity contribution in [3.05, 3.63) is 24.0 Å². The van der Waals surface area contributed by atoms with Crippen molar-refractivity contribution in [2.24, 2.45) is 0 Å². The first-order valence-electron chi connectivity index (χ1n) is 6.58. The standard InChI is InChI=1S/C13H17N3O3S/c14-9-3-4-12-11(6-9)15-13(7-17)16(12)10-2-1-5-20(18,19)8-10/h3-4,6,10,17H,1-2,5,7-8,14H2. The Hall–Kier alpha value is -1.60. The van der Waals surface area contributed by atoms with Crippen LogP contribution in [0.1, 0.15) is 24.7 Å². The number of fused-ring (bicyclic) bond motifs is 1. The van der Waals surface area contributed by atoms with E-state index in [1.54, 1.807) is 12.1 Å². The van der Waals surface area contributed by atoms with Gasteiger partial charge in [0, 0.05) is 11.7 Å². The Bertz CT molecular complexity index is 752. The Balaban J connectivity index is 2.14. The van der Waals surface area contributed by atoms with Crippen molar-refractivity contribution in [3.63, 3.8) is 0 Å². The number of nitrogens with zero attached hydrogens (tertiary/aromatic N) is 2. The fourth-order valence-corrected chi connectivity index (χ4v) is 4.56. The lowest BCUT2D eigenvalue weighted by Gasteiger charge is -2.25. The minimum Gasteiger partial charge on any atom is -0.399 e. The molecule has 0 amide bonds. The van der Waals surface area contributed by atoms with Crippen LogP contribution in [-0.4, -0.2) is 34.6 Å². The summed E-state index contributed by atoms with van der Waals surface area (Å²) in [4.78, 5) is 4.35. The maximum Gasteiger partial charge on any atom is 0.152 e. The number of anilines is 1. The topological polar surface area (TPSA) is 98.2 Å². The van der Waals surface area contributed by atoms with Crippen molar-refractivity contribution in [2.45, 2.75) is 25.5 Å². The van der Waals surface area contributed by atoms with Gasteiger partial charge in [-0.15, -0.1) is 0 Å². The quantitative estimate of drug-likeness (QED) is 0.801. The number of nitrogens with two attached hydrogens (primary N) is 1. The van der Waals surface area contributed by atoms with Crippen LogP contribution in [0.5, 0.6) is 0 Å². The lowest BCUT2D eigenvalue weighted by atomic mass is 10.1. The minimum atomic E-state index is -3.01. The third-order valence-electron chi connectivity index (χ3n) is 3.73. The number of aromatic nitrogens is 2. The normalized spacial score (nSPS) is 22.1. The molecule has 3 rings (SSSR count). The van der Waals surface area contributed by atoms with E-state index in [9.17, 15) is 13.5 Å².